The summed E-state index contributed by atoms with van der Waals surface area (Å²) in [4.78, 5) is 0. The molecule has 49 heavy (non-hydrogen) atoms. The molecule has 0 aromatic heterocycles. The molecule has 0 saturated carbocycles. The van der Waals surface area contributed by atoms with E-state index >= 15 is 0 Å². The minimum Gasteiger partial charge on any atom is -0.388 e. The van der Waals surface area contributed by atoms with Crippen molar-refractivity contribution in [2.45, 2.75) is 41.0 Å². The molecule has 4 aromatic carbocycles. The average molecular weight is 650 g/mol. The van der Waals surface area contributed by atoms with Gasteiger partial charge in [-0.25, -0.2) is 0 Å². The summed E-state index contributed by atoms with van der Waals surface area (Å²) in [6, 6.07) is 33.4. The largest absolute Gasteiger partial charge is 0.388 e. The Balaban J connectivity index is 0.000000440. The number of nitrogens with one attached hydrogen (secondary N) is 1. The van der Waals surface area contributed by atoms with E-state index in [1.807, 2.05) is 87.5 Å². The average Bonchev–Trinajstić information content (AvgIpc) is 3.42. The number of benzene rings is 4. The number of allylic oxidation sites excluding steroid dienone is 11. The molecule has 1 aliphatic rings. The van der Waals surface area contributed by atoms with Crippen LogP contribution in [0.4, 0.5) is 0 Å². The number of amidine groups is 1. The summed E-state index contributed by atoms with van der Waals surface area (Å²) in [5.74, 6) is 0.167. The van der Waals surface area contributed by atoms with Gasteiger partial charge in [0.25, 0.3) is 0 Å². The normalized spacial score (nSPS) is 11.7. The van der Waals surface area contributed by atoms with Crippen LogP contribution in [-0.4, -0.2) is 12.4 Å². The molecule has 0 saturated heterocycles. The van der Waals surface area contributed by atoms with Crippen LogP contribution < -0.4 is 11.5 Å². The molecule has 5 N–H and O–H groups in total. The van der Waals surface area contributed by atoms with Crippen molar-refractivity contribution in [1.29, 1.82) is 5.41 Å². The lowest BCUT2D eigenvalue weighted by molar-refractivity contribution is 1.17. The SMILES string of the molecule is C=C/C(=C\C(=C)c1ccccc1)c1ccc2c(/C(C=C)=C/C)cccc2c1.CC.CC(=N)N.Cc1ccccc1.NCC1=CCC=CC=C1. The molecule has 0 spiro atoms. The molecule has 1 aliphatic carbocycles. The Bertz CT molecular complexity index is 1760. The standard InChI is InChI=1S/C27H24.C8H11N.C7H8.C2H6N2.C2H6/c1-5-21(6-2)26-15-11-14-25-19-24(16-17-27(25)26)22(7-3)18-20(4)23-12-9-8-10-13-23;9-7-8-5-3-1-2-4-6-8;1-7-5-3-2-4-6-7;1-2(3)4;1-2/h5-19H,1,3-4H2,2H3;1-3,5-6H,4,7,9H2;2-6H,1H3;1H3,(H3,3,4);1-2H3/b21-6+,22-18+;;;;. The maximum Gasteiger partial charge on any atom is 0.0873 e. The van der Waals surface area contributed by atoms with Crippen molar-refractivity contribution in [3.63, 3.8) is 0 Å². The highest BCUT2D eigenvalue weighted by Crippen LogP contribution is 2.30. The first-order valence-electron chi connectivity index (χ1n) is 16.7. The zero-order valence-electron chi connectivity index (χ0n) is 30.1. The Morgan fingerprint density at radius 3 is 1.96 bits per heavy atom. The topological polar surface area (TPSA) is 75.9 Å². The third kappa shape index (κ3) is 15.8. The molecule has 5 rings (SSSR count). The molecule has 0 fully saturated rings. The van der Waals surface area contributed by atoms with E-state index in [1.165, 1.54) is 34.4 Å². The second kappa shape index (κ2) is 24.6. The van der Waals surface area contributed by atoms with Crippen molar-refractivity contribution in [1.82, 2.24) is 0 Å². The lowest BCUT2D eigenvalue weighted by Gasteiger charge is -2.11. The fraction of sp³-hybridized carbons (Fsp3) is 0.152. The molecule has 0 aliphatic heterocycles. The van der Waals surface area contributed by atoms with Crippen molar-refractivity contribution < 1.29 is 0 Å². The minimum absolute atomic E-state index is 0.167. The van der Waals surface area contributed by atoms with Gasteiger partial charge in [0, 0.05) is 6.54 Å². The predicted molar refractivity (Wildman–Crippen MR) is 222 cm³/mol. The molecule has 0 atom stereocenters. The first-order valence-corrected chi connectivity index (χ1v) is 16.7. The van der Waals surface area contributed by atoms with Gasteiger partial charge in [-0.2, -0.15) is 0 Å². The first-order chi connectivity index (χ1) is 23.7. The van der Waals surface area contributed by atoms with E-state index in [1.54, 1.807) is 0 Å². The predicted octanol–water partition coefficient (Wildman–Crippen LogP) is 12.1. The summed E-state index contributed by atoms with van der Waals surface area (Å²) < 4.78 is 0. The van der Waals surface area contributed by atoms with Crippen LogP contribution >= 0.6 is 0 Å². The van der Waals surface area contributed by atoms with E-state index < -0.39 is 0 Å². The highest BCUT2D eigenvalue weighted by Gasteiger charge is 2.06. The monoisotopic (exact) mass is 649 g/mol. The van der Waals surface area contributed by atoms with Crippen molar-refractivity contribution in [2.75, 3.05) is 6.54 Å². The van der Waals surface area contributed by atoms with Gasteiger partial charge in [-0.3, -0.25) is 5.41 Å². The van der Waals surface area contributed by atoms with Crippen LogP contribution in [0.15, 0.2) is 177 Å². The third-order valence-electron chi connectivity index (χ3n) is 7.00. The van der Waals surface area contributed by atoms with Crippen molar-refractivity contribution >= 4 is 33.3 Å². The Hall–Kier alpha value is -5.51. The smallest absolute Gasteiger partial charge is 0.0873 e. The van der Waals surface area contributed by atoms with Crippen LogP contribution in [0.2, 0.25) is 0 Å². The van der Waals surface area contributed by atoms with Gasteiger partial charge in [-0.05, 0) is 89.1 Å². The summed E-state index contributed by atoms with van der Waals surface area (Å²) >= 11 is 0. The zero-order valence-corrected chi connectivity index (χ0v) is 30.1. The zero-order chi connectivity index (χ0) is 36.4. The Morgan fingerprint density at radius 2 is 1.43 bits per heavy atom. The van der Waals surface area contributed by atoms with Crippen LogP contribution in [0.5, 0.6) is 0 Å². The van der Waals surface area contributed by atoms with E-state index in [-0.39, 0.29) is 5.84 Å². The van der Waals surface area contributed by atoms with Gasteiger partial charge >= 0.3 is 0 Å². The molecular weight excluding hydrogens is 595 g/mol. The van der Waals surface area contributed by atoms with Gasteiger partial charge < -0.3 is 11.5 Å². The Kier molecular flexibility index (Phi) is 20.9. The van der Waals surface area contributed by atoms with E-state index in [4.69, 9.17) is 16.9 Å². The van der Waals surface area contributed by atoms with Crippen LogP contribution in [0.25, 0.3) is 27.5 Å². The molecule has 0 unspecified atom stereocenters. The molecule has 0 heterocycles. The molecule has 0 bridgehead atoms. The van der Waals surface area contributed by atoms with Crippen molar-refractivity contribution in [2.24, 2.45) is 11.5 Å². The summed E-state index contributed by atoms with van der Waals surface area (Å²) in [6.45, 7) is 22.5. The van der Waals surface area contributed by atoms with Crippen LogP contribution in [-0.2, 0) is 0 Å². The third-order valence-corrected chi connectivity index (χ3v) is 7.00. The number of hydrogen-bond acceptors (Lipinski definition) is 2. The van der Waals surface area contributed by atoms with Crippen molar-refractivity contribution in [3.8, 4) is 0 Å². The molecule has 3 heteroatoms. The second-order valence-electron chi connectivity index (χ2n) is 10.7. The van der Waals surface area contributed by atoms with Crippen LogP contribution in [0.1, 0.15) is 56.4 Å². The molecule has 0 radical (unpaired) electrons. The maximum absolute atomic E-state index is 6.28. The van der Waals surface area contributed by atoms with Gasteiger partial charge in [0.2, 0.25) is 0 Å². The maximum atomic E-state index is 6.28. The number of rotatable bonds is 7. The molecule has 3 nitrogen and oxygen atoms in total. The molecule has 254 valence electrons. The minimum atomic E-state index is 0.167. The lowest BCUT2D eigenvalue weighted by atomic mass is 9.94. The molecular formula is C46H55N3. The van der Waals surface area contributed by atoms with E-state index in [9.17, 15) is 0 Å². The van der Waals surface area contributed by atoms with Crippen LogP contribution in [0.3, 0.4) is 0 Å². The summed E-state index contributed by atoms with van der Waals surface area (Å²) in [5.41, 5.74) is 19.3. The van der Waals surface area contributed by atoms with Crippen molar-refractivity contribution in [3.05, 3.63) is 199 Å². The van der Waals surface area contributed by atoms with Gasteiger partial charge in [-0.15, -0.1) is 0 Å². The van der Waals surface area contributed by atoms with Gasteiger partial charge in [0.05, 0.1) is 5.84 Å². The number of nitrogens with two attached hydrogens (primary N) is 2. The van der Waals surface area contributed by atoms with Crippen LogP contribution in [0, 0.1) is 12.3 Å². The second-order valence-corrected chi connectivity index (χ2v) is 10.7. The number of fused-ring (bicyclic) bond motifs is 1. The summed E-state index contributed by atoms with van der Waals surface area (Å²) in [6.07, 6.45) is 19.3. The highest BCUT2D eigenvalue weighted by molar-refractivity contribution is 5.98. The Labute approximate surface area is 296 Å². The number of aryl methyl sites for hydroxylation is 1. The first kappa shape index (κ1) is 41.5. The quantitative estimate of drug-likeness (QED) is 0.106. The summed E-state index contributed by atoms with van der Waals surface area (Å²) in [7, 11) is 0. The van der Waals surface area contributed by atoms with E-state index in [0.29, 0.717) is 6.54 Å². The molecule has 4 aromatic rings. The van der Waals surface area contributed by atoms with Gasteiger partial charge in [0.15, 0.2) is 0 Å². The van der Waals surface area contributed by atoms with Gasteiger partial charge in [0.1, 0.15) is 0 Å². The number of hydrogen-bond donors (Lipinski definition) is 3. The Morgan fingerprint density at radius 1 is 0.816 bits per heavy atom. The lowest BCUT2D eigenvalue weighted by Crippen LogP contribution is -2.00. The summed E-state index contributed by atoms with van der Waals surface area (Å²) in [5, 5.41) is 8.70. The molecule has 0 amide bonds. The van der Waals surface area contributed by atoms with E-state index in [0.717, 1.165) is 34.3 Å². The van der Waals surface area contributed by atoms with E-state index in [2.05, 4.69) is 112 Å². The fourth-order valence-electron chi connectivity index (χ4n) is 4.59. The van der Waals surface area contributed by atoms with Gasteiger partial charge in [-0.1, -0.05) is 179 Å². The fourth-order valence-corrected chi connectivity index (χ4v) is 4.59. The highest BCUT2D eigenvalue weighted by atomic mass is 14.7.